The molecule has 0 N–H and O–H groups in total. The van der Waals surface area contributed by atoms with Crippen molar-refractivity contribution in [3.05, 3.63) is 0 Å². The molecule has 0 aliphatic heterocycles. The molecule has 0 atom stereocenters. The molecule has 15 heavy (non-hydrogen) atoms. The summed E-state index contributed by atoms with van der Waals surface area (Å²) in [5.74, 6) is -0.102. The van der Waals surface area contributed by atoms with Gasteiger partial charge in [0, 0.05) is 6.61 Å². The number of carbonyl (C=O) groups is 1. The van der Waals surface area contributed by atoms with Crippen LogP contribution in [-0.2, 0) is 14.3 Å². The van der Waals surface area contributed by atoms with E-state index in [-0.39, 0.29) is 12.1 Å². The molecule has 1 aliphatic rings. The SMILES string of the molecule is CCOCCC(=O)OC1CCCCCC1. The Kier molecular flexibility index (Phi) is 6.41. The number of ether oxygens (including phenoxy) is 2. The molecule has 0 heterocycles. The quantitative estimate of drug-likeness (QED) is 0.401. The van der Waals surface area contributed by atoms with Gasteiger partial charge in [0.1, 0.15) is 6.10 Å². The molecular weight excluding hydrogens is 192 g/mol. The van der Waals surface area contributed by atoms with Gasteiger partial charge in [-0.3, -0.25) is 4.79 Å². The zero-order valence-corrected chi connectivity index (χ0v) is 9.67. The summed E-state index contributed by atoms with van der Waals surface area (Å²) >= 11 is 0. The van der Waals surface area contributed by atoms with E-state index in [1.165, 1.54) is 25.7 Å². The summed E-state index contributed by atoms with van der Waals surface area (Å²) in [6.07, 6.45) is 7.61. The molecular formula is C12H22O3. The predicted octanol–water partition coefficient (Wildman–Crippen LogP) is 2.68. The largest absolute Gasteiger partial charge is 0.462 e. The average Bonchev–Trinajstić information content (AvgIpc) is 2.47. The Bertz CT molecular complexity index is 172. The molecule has 0 aromatic rings. The van der Waals surface area contributed by atoms with Crippen LogP contribution in [0.3, 0.4) is 0 Å². The van der Waals surface area contributed by atoms with Gasteiger partial charge >= 0.3 is 5.97 Å². The lowest BCUT2D eigenvalue weighted by molar-refractivity contribution is -0.150. The van der Waals surface area contributed by atoms with Crippen molar-refractivity contribution in [2.45, 2.75) is 58.0 Å². The topological polar surface area (TPSA) is 35.5 Å². The lowest BCUT2D eigenvalue weighted by atomic mass is 10.1. The second kappa shape index (κ2) is 7.69. The molecule has 1 saturated carbocycles. The fraction of sp³-hybridized carbons (Fsp3) is 0.917. The summed E-state index contributed by atoms with van der Waals surface area (Å²) < 4.78 is 10.5. The molecule has 0 unspecified atom stereocenters. The Morgan fingerprint density at radius 3 is 2.47 bits per heavy atom. The van der Waals surface area contributed by atoms with Gasteiger partial charge in [0.05, 0.1) is 13.0 Å². The zero-order chi connectivity index (χ0) is 10.9. The van der Waals surface area contributed by atoms with E-state index in [9.17, 15) is 4.79 Å². The molecule has 0 radical (unpaired) electrons. The number of rotatable bonds is 5. The third kappa shape index (κ3) is 5.78. The summed E-state index contributed by atoms with van der Waals surface area (Å²) in [6, 6.07) is 0. The first-order chi connectivity index (χ1) is 7.33. The minimum atomic E-state index is -0.102. The van der Waals surface area contributed by atoms with E-state index < -0.39 is 0 Å². The van der Waals surface area contributed by atoms with Crippen LogP contribution in [0.15, 0.2) is 0 Å². The number of carbonyl (C=O) groups excluding carboxylic acids is 1. The van der Waals surface area contributed by atoms with Gasteiger partial charge in [0.2, 0.25) is 0 Å². The molecule has 0 aromatic heterocycles. The van der Waals surface area contributed by atoms with Crippen LogP contribution in [0.5, 0.6) is 0 Å². The summed E-state index contributed by atoms with van der Waals surface area (Å²) in [4.78, 5) is 11.4. The lowest BCUT2D eigenvalue weighted by Gasteiger charge is -2.15. The van der Waals surface area contributed by atoms with Gasteiger partial charge in [0.15, 0.2) is 0 Å². The monoisotopic (exact) mass is 214 g/mol. The molecule has 88 valence electrons. The Morgan fingerprint density at radius 2 is 1.87 bits per heavy atom. The number of hydrogen-bond donors (Lipinski definition) is 0. The van der Waals surface area contributed by atoms with Crippen LogP contribution in [0.25, 0.3) is 0 Å². The first-order valence-electron chi connectivity index (χ1n) is 6.10. The fourth-order valence-electron chi connectivity index (χ4n) is 1.90. The van der Waals surface area contributed by atoms with Crippen molar-refractivity contribution in [1.82, 2.24) is 0 Å². The van der Waals surface area contributed by atoms with Gasteiger partial charge in [-0.1, -0.05) is 12.8 Å². The molecule has 0 amide bonds. The Morgan fingerprint density at radius 1 is 1.20 bits per heavy atom. The third-order valence-electron chi connectivity index (χ3n) is 2.75. The maximum Gasteiger partial charge on any atom is 0.308 e. The van der Waals surface area contributed by atoms with E-state index in [2.05, 4.69) is 0 Å². The van der Waals surface area contributed by atoms with Gasteiger partial charge in [-0.05, 0) is 32.6 Å². The van der Waals surface area contributed by atoms with Crippen LogP contribution in [-0.4, -0.2) is 25.3 Å². The van der Waals surface area contributed by atoms with Gasteiger partial charge in [-0.15, -0.1) is 0 Å². The minimum Gasteiger partial charge on any atom is -0.462 e. The highest BCUT2D eigenvalue weighted by molar-refractivity contribution is 5.69. The standard InChI is InChI=1S/C12H22O3/c1-2-14-10-9-12(13)15-11-7-5-3-4-6-8-11/h11H,2-10H2,1H3. The average molecular weight is 214 g/mol. The van der Waals surface area contributed by atoms with Gasteiger partial charge < -0.3 is 9.47 Å². The Balaban J connectivity index is 2.12. The summed E-state index contributed by atoms with van der Waals surface area (Å²) in [5.41, 5.74) is 0. The van der Waals surface area contributed by atoms with Gasteiger partial charge in [0.25, 0.3) is 0 Å². The van der Waals surface area contributed by atoms with Crippen molar-refractivity contribution in [1.29, 1.82) is 0 Å². The summed E-state index contributed by atoms with van der Waals surface area (Å²) in [6.45, 7) is 3.08. The van der Waals surface area contributed by atoms with Crippen LogP contribution < -0.4 is 0 Å². The van der Waals surface area contributed by atoms with Crippen molar-refractivity contribution in [3.8, 4) is 0 Å². The Labute approximate surface area is 92.1 Å². The van der Waals surface area contributed by atoms with Crippen molar-refractivity contribution in [3.63, 3.8) is 0 Å². The first-order valence-corrected chi connectivity index (χ1v) is 6.10. The van der Waals surface area contributed by atoms with Crippen LogP contribution in [0.4, 0.5) is 0 Å². The van der Waals surface area contributed by atoms with E-state index in [0.717, 1.165) is 12.8 Å². The summed E-state index contributed by atoms with van der Waals surface area (Å²) in [5, 5.41) is 0. The molecule has 1 aliphatic carbocycles. The van der Waals surface area contributed by atoms with Gasteiger partial charge in [-0.25, -0.2) is 0 Å². The van der Waals surface area contributed by atoms with Crippen LogP contribution in [0, 0.1) is 0 Å². The van der Waals surface area contributed by atoms with Gasteiger partial charge in [-0.2, -0.15) is 0 Å². The van der Waals surface area contributed by atoms with Crippen molar-refractivity contribution in [2.75, 3.05) is 13.2 Å². The number of hydrogen-bond acceptors (Lipinski definition) is 3. The molecule has 1 rings (SSSR count). The van der Waals surface area contributed by atoms with Crippen molar-refractivity contribution in [2.24, 2.45) is 0 Å². The molecule has 0 spiro atoms. The third-order valence-corrected chi connectivity index (χ3v) is 2.75. The maximum atomic E-state index is 11.4. The minimum absolute atomic E-state index is 0.102. The van der Waals surface area contributed by atoms with E-state index in [0.29, 0.717) is 19.6 Å². The maximum absolute atomic E-state index is 11.4. The van der Waals surface area contributed by atoms with E-state index in [1.807, 2.05) is 6.92 Å². The normalized spacial score (nSPS) is 18.5. The van der Waals surface area contributed by atoms with E-state index in [4.69, 9.17) is 9.47 Å². The van der Waals surface area contributed by atoms with Crippen molar-refractivity contribution < 1.29 is 14.3 Å². The van der Waals surface area contributed by atoms with Crippen LogP contribution in [0.2, 0.25) is 0 Å². The highest BCUT2D eigenvalue weighted by atomic mass is 16.5. The smallest absolute Gasteiger partial charge is 0.308 e. The molecule has 0 saturated heterocycles. The molecule has 0 aromatic carbocycles. The second-order valence-corrected chi connectivity index (χ2v) is 4.05. The number of esters is 1. The highest BCUT2D eigenvalue weighted by Gasteiger charge is 2.16. The molecule has 1 fully saturated rings. The van der Waals surface area contributed by atoms with E-state index >= 15 is 0 Å². The highest BCUT2D eigenvalue weighted by Crippen LogP contribution is 2.20. The Hall–Kier alpha value is -0.570. The lowest BCUT2D eigenvalue weighted by Crippen LogP contribution is -2.18. The summed E-state index contributed by atoms with van der Waals surface area (Å²) in [7, 11) is 0. The van der Waals surface area contributed by atoms with E-state index in [1.54, 1.807) is 0 Å². The van der Waals surface area contributed by atoms with Crippen LogP contribution >= 0.6 is 0 Å². The zero-order valence-electron chi connectivity index (χ0n) is 9.67. The first kappa shape index (κ1) is 12.5. The molecule has 3 heteroatoms. The fourth-order valence-corrected chi connectivity index (χ4v) is 1.90. The van der Waals surface area contributed by atoms with Crippen molar-refractivity contribution >= 4 is 5.97 Å². The predicted molar refractivity (Wildman–Crippen MR) is 58.7 cm³/mol. The second-order valence-electron chi connectivity index (χ2n) is 4.05. The van der Waals surface area contributed by atoms with Crippen LogP contribution in [0.1, 0.15) is 51.9 Å². The molecule has 0 bridgehead atoms. The molecule has 3 nitrogen and oxygen atoms in total.